The van der Waals surface area contributed by atoms with Gasteiger partial charge in [0.25, 0.3) is 0 Å². The predicted octanol–water partition coefficient (Wildman–Crippen LogP) is 19.2. The van der Waals surface area contributed by atoms with Crippen LogP contribution >= 0.6 is 0 Å². The van der Waals surface area contributed by atoms with Crippen molar-refractivity contribution in [1.29, 1.82) is 0 Å². The molecule has 0 aromatic carbocycles. The monoisotopic (exact) mass is 947 g/mol. The van der Waals surface area contributed by atoms with Crippen molar-refractivity contribution in [3.63, 3.8) is 0 Å². The second kappa shape index (κ2) is 56.2. The van der Waals surface area contributed by atoms with Crippen LogP contribution in [0.2, 0.25) is 0 Å². The van der Waals surface area contributed by atoms with Crippen LogP contribution < -0.4 is 0 Å². The van der Waals surface area contributed by atoms with Gasteiger partial charge in [-0.1, -0.05) is 247 Å². The van der Waals surface area contributed by atoms with Crippen LogP contribution in [-0.4, -0.2) is 37.2 Å². The number of unbranched alkanes of at least 4 members (excludes halogenated alkanes) is 26. The van der Waals surface area contributed by atoms with Crippen molar-refractivity contribution in [2.45, 2.75) is 277 Å². The Morgan fingerprint density at radius 2 is 0.574 bits per heavy atom. The Kier molecular flexibility index (Phi) is 53.4. The Bertz CT molecular complexity index is 1320. The van der Waals surface area contributed by atoms with Crippen molar-refractivity contribution in [3.8, 4) is 0 Å². The lowest BCUT2D eigenvalue weighted by molar-refractivity contribution is -0.167. The molecule has 0 aliphatic carbocycles. The zero-order valence-corrected chi connectivity index (χ0v) is 44.6. The van der Waals surface area contributed by atoms with E-state index in [4.69, 9.17) is 14.2 Å². The maximum Gasteiger partial charge on any atom is 0.306 e. The van der Waals surface area contributed by atoms with Gasteiger partial charge in [-0.15, -0.1) is 0 Å². The first-order chi connectivity index (χ1) is 33.5. The summed E-state index contributed by atoms with van der Waals surface area (Å²) in [7, 11) is 0. The van der Waals surface area contributed by atoms with Crippen LogP contribution in [0.5, 0.6) is 0 Å². The standard InChI is InChI=1S/C62H106O6/c1-4-7-10-13-16-19-22-25-28-29-30-31-32-35-37-40-43-46-49-52-55-61(64)67-58-59(68-62(65)56-53-50-47-44-41-38-34-27-24-21-18-15-12-9-6-3)57-66-60(63)54-51-48-45-42-39-36-33-26-23-20-17-14-11-8-5-2/h8-9,11-12,17-18,20-21,26-27,33-34,41,44,59H,4-7,10,13-16,19,22-25,28-32,35-40,42-43,45-58H2,1-3H3/b11-8-,12-9-,20-17-,21-18-,33-26-,34-27-,44-41-. The highest BCUT2D eigenvalue weighted by molar-refractivity contribution is 5.71. The molecule has 1 atom stereocenters. The molecule has 0 bridgehead atoms. The average Bonchev–Trinajstić information content (AvgIpc) is 3.34. The molecule has 6 heteroatoms. The zero-order chi connectivity index (χ0) is 49.3. The topological polar surface area (TPSA) is 78.9 Å². The smallest absolute Gasteiger partial charge is 0.306 e. The summed E-state index contributed by atoms with van der Waals surface area (Å²) in [5.41, 5.74) is 0. The van der Waals surface area contributed by atoms with Gasteiger partial charge in [0.1, 0.15) is 13.2 Å². The third-order valence-electron chi connectivity index (χ3n) is 12.1. The maximum atomic E-state index is 12.8. The van der Waals surface area contributed by atoms with Crippen molar-refractivity contribution < 1.29 is 28.6 Å². The second-order valence-corrected chi connectivity index (χ2v) is 18.8. The lowest BCUT2D eigenvalue weighted by Crippen LogP contribution is -2.30. The molecule has 1 unspecified atom stereocenters. The van der Waals surface area contributed by atoms with E-state index >= 15 is 0 Å². The van der Waals surface area contributed by atoms with E-state index in [9.17, 15) is 14.4 Å². The van der Waals surface area contributed by atoms with Gasteiger partial charge in [0.15, 0.2) is 6.10 Å². The molecule has 0 saturated carbocycles. The zero-order valence-electron chi connectivity index (χ0n) is 44.6. The second-order valence-electron chi connectivity index (χ2n) is 18.8. The van der Waals surface area contributed by atoms with Gasteiger partial charge in [-0.2, -0.15) is 0 Å². The van der Waals surface area contributed by atoms with Crippen LogP contribution in [0.15, 0.2) is 85.1 Å². The molecule has 0 spiro atoms. The minimum absolute atomic E-state index is 0.0972. The molecule has 0 aliphatic rings. The van der Waals surface area contributed by atoms with Gasteiger partial charge in [0.2, 0.25) is 0 Å². The lowest BCUT2D eigenvalue weighted by Gasteiger charge is -2.18. The van der Waals surface area contributed by atoms with E-state index in [-0.39, 0.29) is 37.5 Å². The number of allylic oxidation sites excluding steroid dienone is 14. The summed E-state index contributed by atoms with van der Waals surface area (Å²) >= 11 is 0. The summed E-state index contributed by atoms with van der Waals surface area (Å²) in [6, 6.07) is 0. The molecule has 0 aromatic rings. The molecule has 0 aromatic heterocycles. The minimum Gasteiger partial charge on any atom is -0.462 e. The van der Waals surface area contributed by atoms with Gasteiger partial charge < -0.3 is 14.2 Å². The van der Waals surface area contributed by atoms with E-state index in [1.54, 1.807) is 0 Å². The largest absolute Gasteiger partial charge is 0.462 e. The molecule has 6 nitrogen and oxygen atoms in total. The SMILES string of the molecule is CC/C=C\C/C=C\C/C=C\C/C=C\CCCCC(=O)OC(COC(=O)CCCCCCC/C=C\C/C=C\C/C=C\CC)COC(=O)CCCCCCCCCCCCCCCCCCCCCC. The average molecular weight is 948 g/mol. The molecule has 390 valence electrons. The van der Waals surface area contributed by atoms with Gasteiger partial charge in [-0.25, -0.2) is 0 Å². The van der Waals surface area contributed by atoms with Crippen molar-refractivity contribution in [3.05, 3.63) is 85.1 Å². The van der Waals surface area contributed by atoms with E-state index in [1.165, 1.54) is 109 Å². The summed E-state index contributed by atoms with van der Waals surface area (Å²) in [6.45, 7) is 6.38. The summed E-state index contributed by atoms with van der Waals surface area (Å²) in [5, 5.41) is 0. The van der Waals surface area contributed by atoms with Gasteiger partial charge in [-0.05, 0) is 89.9 Å². The number of ether oxygens (including phenoxy) is 3. The van der Waals surface area contributed by atoms with Crippen LogP contribution in [0.3, 0.4) is 0 Å². The number of carbonyl (C=O) groups excluding carboxylic acids is 3. The number of esters is 3. The Labute approximate surface area is 420 Å². The van der Waals surface area contributed by atoms with Crippen LogP contribution in [0, 0.1) is 0 Å². The first-order valence-corrected chi connectivity index (χ1v) is 28.6. The van der Waals surface area contributed by atoms with E-state index in [0.717, 1.165) is 116 Å². The van der Waals surface area contributed by atoms with Gasteiger partial charge in [0.05, 0.1) is 0 Å². The fourth-order valence-electron chi connectivity index (χ4n) is 7.92. The van der Waals surface area contributed by atoms with Crippen LogP contribution in [-0.2, 0) is 28.6 Å². The fraction of sp³-hybridized carbons (Fsp3) is 0.726. The Balaban J connectivity index is 4.40. The number of rotatable bonds is 51. The molecule has 0 rings (SSSR count). The van der Waals surface area contributed by atoms with Crippen LogP contribution in [0.25, 0.3) is 0 Å². The Hall–Kier alpha value is -3.41. The molecular formula is C62H106O6. The summed E-state index contributed by atoms with van der Waals surface area (Å²) in [6.07, 6.45) is 73.0. The molecule has 0 N–H and O–H groups in total. The van der Waals surface area contributed by atoms with Crippen LogP contribution in [0.4, 0.5) is 0 Å². The van der Waals surface area contributed by atoms with Crippen molar-refractivity contribution in [1.82, 2.24) is 0 Å². The molecule has 0 amide bonds. The number of hydrogen-bond acceptors (Lipinski definition) is 6. The highest BCUT2D eigenvalue weighted by Gasteiger charge is 2.19. The van der Waals surface area contributed by atoms with Crippen molar-refractivity contribution in [2.24, 2.45) is 0 Å². The Morgan fingerprint density at radius 1 is 0.309 bits per heavy atom. The predicted molar refractivity (Wildman–Crippen MR) is 293 cm³/mol. The highest BCUT2D eigenvalue weighted by atomic mass is 16.6. The summed E-state index contributed by atoms with van der Waals surface area (Å²) < 4.78 is 16.8. The molecule has 0 fully saturated rings. The third-order valence-corrected chi connectivity index (χ3v) is 12.1. The van der Waals surface area contributed by atoms with E-state index in [0.29, 0.717) is 19.3 Å². The number of hydrogen-bond donors (Lipinski definition) is 0. The van der Waals surface area contributed by atoms with Gasteiger partial charge >= 0.3 is 17.9 Å². The molecule has 0 saturated heterocycles. The quantitative estimate of drug-likeness (QED) is 0.0262. The first kappa shape index (κ1) is 64.6. The molecule has 68 heavy (non-hydrogen) atoms. The van der Waals surface area contributed by atoms with Gasteiger partial charge in [0, 0.05) is 19.3 Å². The van der Waals surface area contributed by atoms with E-state index in [1.807, 2.05) is 0 Å². The third kappa shape index (κ3) is 53.5. The summed E-state index contributed by atoms with van der Waals surface area (Å²) in [4.78, 5) is 38.1. The van der Waals surface area contributed by atoms with Crippen molar-refractivity contribution >= 4 is 17.9 Å². The van der Waals surface area contributed by atoms with Crippen molar-refractivity contribution in [2.75, 3.05) is 13.2 Å². The summed E-state index contributed by atoms with van der Waals surface area (Å²) in [5.74, 6) is -0.950. The lowest BCUT2D eigenvalue weighted by atomic mass is 10.0. The maximum absolute atomic E-state index is 12.8. The van der Waals surface area contributed by atoms with Crippen LogP contribution in [0.1, 0.15) is 271 Å². The highest BCUT2D eigenvalue weighted by Crippen LogP contribution is 2.16. The van der Waals surface area contributed by atoms with Gasteiger partial charge in [-0.3, -0.25) is 14.4 Å². The molecule has 0 aliphatic heterocycles. The normalized spacial score (nSPS) is 12.7. The molecule has 0 heterocycles. The fourth-order valence-corrected chi connectivity index (χ4v) is 7.92. The Morgan fingerprint density at radius 3 is 0.926 bits per heavy atom. The minimum atomic E-state index is -0.805. The van der Waals surface area contributed by atoms with E-state index in [2.05, 4.69) is 106 Å². The molecular weight excluding hydrogens is 841 g/mol. The first-order valence-electron chi connectivity index (χ1n) is 28.6. The van der Waals surface area contributed by atoms with E-state index < -0.39 is 6.10 Å². The number of carbonyl (C=O) groups is 3. The molecule has 0 radical (unpaired) electrons.